The zero-order valence-corrected chi connectivity index (χ0v) is 8.47. The number of carbonyl (C=O) groups is 2. The highest BCUT2D eigenvalue weighted by Crippen LogP contribution is 2.13. The summed E-state index contributed by atoms with van der Waals surface area (Å²) in [7, 11) is 0. The molecule has 2 aromatic rings. The fourth-order valence-electron chi connectivity index (χ4n) is 1.39. The molecule has 17 heavy (non-hydrogen) atoms. The molecule has 0 aliphatic carbocycles. The number of benzene rings is 1. The SMILES string of the molecule is NC(C(=O)O)C(=O)c1ccc2[nH]c(=O)oc2c1. The van der Waals surface area contributed by atoms with Crippen molar-refractivity contribution in [2.24, 2.45) is 5.73 Å². The van der Waals surface area contributed by atoms with Gasteiger partial charge in [-0.2, -0.15) is 0 Å². The predicted molar refractivity (Wildman–Crippen MR) is 56.8 cm³/mol. The Labute approximate surface area is 93.8 Å². The second kappa shape index (κ2) is 3.87. The Hall–Kier alpha value is -2.41. The molecule has 1 heterocycles. The first-order valence-electron chi connectivity index (χ1n) is 4.64. The van der Waals surface area contributed by atoms with E-state index in [4.69, 9.17) is 15.3 Å². The molecular formula is C10H8N2O5. The van der Waals surface area contributed by atoms with Gasteiger partial charge in [0.2, 0.25) is 0 Å². The molecule has 1 atom stereocenters. The number of carboxylic acid groups (broad SMARTS) is 1. The zero-order valence-electron chi connectivity index (χ0n) is 8.47. The summed E-state index contributed by atoms with van der Waals surface area (Å²) in [6.07, 6.45) is 0. The van der Waals surface area contributed by atoms with Crippen LogP contribution in [0.5, 0.6) is 0 Å². The second-order valence-electron chi connectivity index (χ2n) is 3.41. The summed E-state index contributed by atoms with van der Waals surface area (Å²) in [5.74, 6) is -2.80. The molecule has 2 rings (SSSR count). The standard InChI is InChI=1S/C10H8N2O5/c11-7(9(14)15)8(13)4-1-2-5-6(3-4)17-10(16)12-5/h1-3,7H,11H2,(H,12,16)(H,14,15). The lowest BCUT2D eigenvalue weighted by atomic mass is 10.0. The highest BCUT2D eigenvalue weighted by molar-refractivity contribution is 6.12. The van der Waals surface area contributed by atoms with Crippen LogP contribution in [0.15, 0.2) is 27.4 Å². The van der Waals surface area contributed by atoms with E-state index >= 15 is 0 Å². The van der Waals surface area contributed by atoms with E-state index in [1.165, 1.54) is 18.2 Å². The monoisotopic (exact) mass is 236 g/mol. The number of hydrogen-bond donors (Lipinski definition) is 3. The molecule has 7 nitrogen and oxygen atoms in total. The van der Waals surface area contributed by atoms with Crippen molar-refractivity contribution in [3.63, 3.8) is 0 Å². The fourth-order valence-corrected chi connectivity index (χ4v) is 1.39. The molecule has 0 radical (unpaired) electrons. The highest BCUT2D eigenvalue weighted by Gasteiger charge is 2.23. The maximum atomic E-state index is 11.6. The Morgan fingerprint density at radius 2 is 2.12 bits per heavy atom. The number of rotatable bonds is 3. The second-order valence-corrected chi connectivity index (χ2v) is 3.41. The molecule has 0 amide bonds. The Bertz CT molecular complexity index is 654. The van der Waals surface area contributed by atoms with Crippen LogP contribution in [0.3, 0.4) is 0 Å². The van der Waals surface area contributed by atoms with Gasteiger partial charge in [0.05, 0.1) is 5.52 Å². The van der Waals surface area contributed by atoms with Crippen molar-refractivity contribution in [2.45, 2.75) is 6.04 Å². The smallest absolute Gasteiger partial charge is 0.417 e. The summed E-state index contributed by atoms with van der Waals surface area (Å²) >= 11 is 0. The lowest BCUT2D eigenvalue weighted by Crippen LogP contribution is -2.38. The lowest BCUT2D eigenvalue weighted by Gasteiger charge is -2.04. The Morgan fingerprint density at radius 1 is 1.41 bits per heavy atom. The summed E-state index contributed by atoms with van der Waals surface area (Å²) < 4.78 is 4.75. The maximum absolute atomic E-state index is 11.6. The number of hydrogen-bond acceptors (Lipinski definition) is 5. The molecule has 1 aromatic heterocycles. The molecule has 0 spiro atoms. The number of aromatic nitrogens is 1. The molecule has 0 fully saturated rings. The average molecular weight is 236 g/mol. The quantitative estimate of drug-likeness (QED) is 0.496. The van der Waals surface area contributed by atoms with Crippen molar-refractivity contribution >= 4 is 22.9 Å². The number of fused-ring (bicyclic) bond motifs is 1. The van der Waals surface area contributed by atoms with Gasteiger partial charge in [-0.25, -0.2) is 4.79 Å². The van der Waals surface area contributed by atoms with E-state index in [0.717, 1.165) is 0 Å². The number of Topliss-reactive ketones (excluding diaryl/α,β-unsaturated/α-hetero) is 1. The van der Waals surface area contributed by atoms with Crippen LogP contribution in [0, 0.1) is 0 Å². The molecule has 0 aliphatic heterocycles. The van der Waals surface area contributed by atoms with E-state index in [9.17, 15) is 14.4 Å². The predicted octanol–water partition coefficient (Wildman–Crippen LogP) is -0.284. The molecule has 7 heteroatoms. The number of oxazole rings is 1. The van der Waals surface area contributed by atoms with Crippen LogP contribution in [0.1, 0.15) is 10.4 Å². The van der Waals surface area contributed by atoms with Gasteiger partial charge in [-0.3, -0.25) is 14.6 Å². The van der Waals surface area contributed by atoms with Crippen LogP contribution in [-0.4, -0.2) is 27.9 Å². The Kier molecular flexibility index (Phi) is 2.52. The summed E-state index contributed by atoms with van der Waals surface area (Å²) in [6.45, 7) is 0. The van der Waals surface area contributed by atoms with Gasteiger partial charge in [-0.15, -0.1) is 0 Å². The third-order valence-corrected chi connectivity index (χ3v) is 2.25. The molecule has 0 aliphatic rings. The minimum absolute atomic E-state index is 0.0788. The van der Waals surface area contributed by atoms with E-state index in [-0.39, 0.29) is 11.1 Å². The van der Waals surface area contributed by atoms with Crippen LogP contribution >= 0.6 is 0 Å². The summed E-state index contributed by atoms with van der Waals surface area (Å²) in [6, 6.07) is 2.47. The zero-order chi connectivity index (χ0) is 12.6. The minimum atomic E-state index is -1.63. The van der Waals surface area contributed by atoms with Gasteiger partial charge in [0.1, 0.15) is 0 Å². The number of nitrogens with one attached hydrogen (secondary N) is 1. The minimum Gasteiger partial charge on any atom is -0.480 e. The molecule has 0 bridgehead atoms. The fraction of sp³-hybridized carbons (Fsp3) is 0.100. The number of ketones is 1. The van der Waals surface area contributed by atoms with Gasteiger partial charge in [-0.1, -0.05) is 0 Å². The lowest BCUT2D eigenvalue weighted by molar-refractivity contribution is -0.137. The maximum Gasteiger partial charge on any atom is 0.417 e. The van der Waals surface area contributed by atoms with Crippen LogP contribution in [-0.2, 0) is 4.79 Å². The molecule has 1 unspecified atom stereocenters. The number of aromatic amines is 1. The van der Waals surface area contributed by atoms with Gasteiger partial charge in [-0.05, 0) is 18.2 Å². The van der Waals surface area contributed by atoms with Gasteiger partial charge >= 0.3 is 11.7 Å². The number of carboxylic acids is 1. The number of aliphatic carboxylic acids is 1. The Morgan fingerprint density at radius 3 is 2.76 bits per heavy atom. The summed E-state index contributed by atoms with van der Waals surface area (Å²) in [5, 5.41) is 8.61. The van der Waals surface area contributed by atoms with Crippen LogP contribution in [0.4, 0.5) is 0 Å². The summed E-state index contributed by atoms with van der Waals surface area (Å²) in [5.41, 5.74) is 5.88. The number of nitrogens with two attached hydrogens (primary N) is 1. The van der Waals surface area contributed by atoms with Gasteiger partial charge in [0.15, 0.2) is 17.4 Å². The van der Waals surface area contributed by atoms with Gasteiger partial charge < -0.3 is 15.3 Å². The number of carbonyl (C=O) groups excluding carboxylic acids is 1. The third kappa shape index (κ3) is 1.95. The van der Waals surface area contributed by atoms with Crippen LogP contribution < -0.4 is 11.5 Å². The molecular weight excluding hydrogens is 228 g/mol. The normalized spacial score (nSPS) is 12.5. The average Bonchev–Trinajstić information content (AvgIpc) is 2.65. The first-order chi connectivity index (χ1) is 7.99. The Balaban J connectivity index is 2.46. The molecule has 88 valence electrons. The highest BCUT2D eigenvalue weighted by atomic mass is 16.4. The molecule has 4 N–H and O–H groups in total. The van der Waals surface area contributed by atoms with Crippen molar-refractivity contribution in [2.75, 3.05) is 0 Å². The van der Waals surface area contributed by atoms with Gasteiger partial charge in [0, 0.05) is 5.56 Å². The molecule has 1 aromatic carbocycles. The van der Waals surface area contributed by atoms with Crippen LogP contribution in [0.25, 0.3) is 11.1 Å². The van der Waals surface area contributed by atoms with E-state index < -0.39 is 23.6 Å². The van der Waals surface area contributed by atoms with E-state index in [1.807, 2.05) is 0 Å². The van der Waals surface area contributed by atoms with Crippen molar-refractivity contribution in [3.8, 4) is 0 Å². The van der Waals surface area contributed by atoms with Crippen molar-refractivity contribution in [1.29, 1.82) is 0 Å². The largest absolute Gasteiger partial charge is 0.480 e. The topological polar surface area (TPSA) is 126 Å². The molecule has 0 saturated heterocycles. The van der Waals surface area contributed by atoms with Crippen molar-refractivity contribution in [3.05, 3.63) is 34.3 Å². The van der Waals surface area contributed by atoms with E-state index in [1.54, 1.807) is 0 Å². The van der Waals surface area contributed by atoms with E-state index in [2.05, 4.69) is 4.98 Å². The van der Waals surface area contributed by atoms with Crippen molar-refractivity contribution in [1.82, 2.24) is 4.98 Å². The molecule has 0 saturated carbocycles. The number of H-pyrrole nitrogens is 1. The van der Waals surface area contributed by atoms with Gasteiger partial charge in [0.25, 0.3) is 0 Å². The summed E-state index contributed by atoms with van der Waals surface area (Å²) in [4.78, 5) is 35.4. The van der Waals surface area contributed by atoms with Crippen LogP contribution in [0.2, 0.25) is 0 Å². The van der Waals surface area contributed by atoms with E-state index in [0.29, 0.717) is 5.52 Å². The first-order valence-corrected chi connectivity index (χ1v) is 4.64. The third-order valence-electron chi connectivity index (χ3n) is 2.25. The van der Waals surface area contributed by atoms with Crippen molar-refractivity contribution < 1.29 is 19.1 Å². The first kappa shape index (κ1) is 11.1.